The number of carbonyl (C=O) groups is 1. The number of aryl methyl sites for hydroxylation is 1. The van der Waals surface area contributed by atoms with Gasteiger partial charge in [-0.15, -0.1) is 0 Å². The molecule has 4 N–H and O–H groups in total. The summed E-state index contributed by atoms with van der Waals surface area (Å²) in [5, 5.41) is 6.40. The molecule has 0 saturated heterocycles. The van der Waals surface area contributed by atoms with E-state index in [0.29, 0.717) is 41.4 Å². The molecule has 0 unspecified atom stereocenters. The number of rotatable bonds is 6. The predicted octanol–water partition coefficient (Wildman–Crippen LogP) is 1.75. The van der Waals surface area contributed by atoms with E-state index in [1.54, 1.807) is 23.4 Å². The van der Waals surface area contributed by atoms with E-state index in [9.17, 15) is 4.79 Å². The van der Waals surface area contributed by atoms with Crippen LogP contribution in [0.5, 0.6) is 0 Å². The second kappa shape index (κ2) is 8.66. The van der Waals surface area contributed by atoms with Gasteiger partial charge in [-0.05, 0) is 18.6 Å². The summed E-state index contributed by atoms with van der Waals surface area (Å²) in [6.07, 6.45) is 4.86. The number of fused-ring (bicyclic) bond motifs is 1. The van der Waals surface area contributed by atoms with E-state index in [1.807, 2.05) is 20.0 Å². The maximum absolute atomic E-state index is 11.7. The van der Waals surface area contributed by atoms with E-state index >= 15 is 0 Å². The summed E-state index contributed by atoms with van der Waals surface area (Å²) in [5.41, 5.74) is 8.75. The zero-order chi connectivity index (χ0) is 20.1. The molecule has 0 spiro atoms. The van der Waals surface area contributed by atoms with E-state index in [0.717, 1.165) is 11.1 Å². The molecule has 1 aliphatic rings. The molecule has 28 heavy (non-hydrogen) atoms. The Balaban J connectivity index is 1.63. The summed E-state index contributed by atoms with van der Waals surface area (Å²) in [5.74, 6) is 1.05. The van der Waals surface area contributed by atoms with Gasteiger partial charge in [0.2, 0.25) is 11.9 Å². The molecule has 3 rings (SSSR count). The fraction of sp³-hybridized carbons (Fsp3) is 0.278. The van der Waals surface area contributed by atoms with Gasteiger partial charge in [-0.1, -0.05) is 17.7 Å². The Hall–Kier alpha value is -3.20. The molecule has 0 bridgehead atoms. The largest absolute Gasteiger partial charge is 0.404 e. The average Bonchev–Trinajstić information content (AvgIpc) is 2.67. The van der Waals surface area contributed by atoms with Gasteiger partial charge in [-0.2, -0.15) is 4.98 Å². The number of nitrogens with two attached hydrogens (primary N) is 1. The first kappa shape index (κ1) is 19.6. The van der Waals surface area contributed by atoms with Crippen molar-refractivity contribution in [2.45, 2.75) is 13.5 Å². The van der Waals surface area contributed by atoms with Crippen molar-refractivity contribution in [2.24, 2.45) is 10.7 Å². The van der Waals surface area contributed by atoms with Crippen LogP contribution in [0.25, 0.3) is 0 Å². The topological polar surface area (TPSA) is 121 Å². The number of amides is 1. The van der Waals surface area contributed by atoms with Gasteiger partial charge in [0.15, 0.2) is 5.82 Å². The number of hydrogen-bond acceptors (Lipinski definition) is 8. The van der Waals surface area contributed by atoms with Crippen LogP contribution < -0.4 is 21.3 Å². The second-order valence-corrected chi connectivity index (χ2v) is 6.68. The highest BCUT2D eigenvalue weighted by molar-refractivity contribution is 6.29. The zero-order valence-electron chi connectivity index (χ0n) is 15.6. The van der Waals surface area contributed by atoms with Crippen molar-refractivity contribution in [1.82, 2.24) is 15.0 Å². The van der Waals surface area contributed by atoms with Crippen LogP contribution in [0.2, 0.25) is 5.15 Å². The van der Waals surface area contributed by atoms with Crippen molar-refractivity contribution in [3.63, 3.8) is 0 Å². The van der Waals surface area contributed by atoms with E-state index < -0.39 is 0 Å². The molecule has 0 aromatic carbocycles. The first-order valence-corrected chi connectivity index (χ1v) is 8.98. The van der Waals surface area contributed by atoms with E-state index in [4.69, 9.17) is 17.3 Å². The minimum absolute atomic E-state index is 0.0807. The fourth-order valence-electron chi connectivity index (χ4n) is 2.63. The molecule has 0 atom stereocenters. The molecule has 9 nitrogen and oxygen atoms in total. The van der Waals surface area contributed by atoms with Gasteiger partial charge >= 0.3 is 0 Å². The van der Waals surface area contributed by atoms with Crippen LogP contribution in [0.1, 0.15) is 11.3 Å². The van der Waals surface area contributed by atoms with Crippen LogP contribution in [-0.2, 0) is 11.3 Å². The Morgan fingerprint density at radius 1 is 1.46 bits per heavy atom. The third-order valence-corrected chi connectivity index (χ3v) is 4.29. The van der Waals surface area contributed by atoms with Crippen LogP contribution in [0, 0.1) is 6.92 Å². The Bertz CT molecular complexity index is 926. The van der Waals surface area contributed by atoms with Gasteiger partial charge in [0.1, 0.15) is 10.8 Å². The number of aliphatic imine (C=N–C) groups is 1. The van der Waals surface area contributed by atoms with E-state index in [1.165, 1.54) is 6.20 Å². The molecule has 1 amide bonds. The van der Waals surface area contributed by atoms with Gasteiger partial charge in [0, 0.05) is 37.8 Å². The van der Waals surface area contributed by atoms with Gasteiger partial charge in [-0.25, -0.2) is 9.97 Å². The summed E-state index contributed by atoms with van der Waals surface area (Å²) >= 11 is 5.77. The lowest BCUT2D eigenvalue weighted by Gasteiger charge is -2.27. The molecule has 0 fully saturated rings. The Morgan fingerprint density at radius 3 is 3.00 bits per heavy atom. The number of carbonyl (C=O) groups excluding carboxylic acids is 1. The zero-order valence-corrected chi connectivity index (χ0v) is 16.4. The normalized spacial score (nSPS) is 14.2. The predicted molar refractivity (Wildman–Crippen MR) is 111 cm³/mol. The number of likely N-dealkylation sites (N-methyl/N-ethyl adjacent to an activating group) is 1. The highest BCUT2D eigenvalue weighted by Gasteiger charge is 2.23. The van der Waals surface area contributed by atoms with Gasteiger partial charge in [-0.3, -0.25) is 9.79 Å². The number of pyridine rings is 1. The SMILES string of the molecule is Cc1nc(NC/C(C=NCc2ccc(Cl)nc2)=C/N)nc2c1NC(=O)CN2C. The van der Waals surface area contributed by atoms with Gasteiger partial charge < -0.3 is 21.3 Å². The first-order chi connectivity index (χ1) is 13.5. The third kappa shape index (κ3) is 4.74. The summed E-state index contributed by atoms with van der Waals surface area (Å²) in [6.45, 7) is 2.96. The summed E-state index contributed by atoms with van der Waals surface area (Å²) < 4.78 is 0. The van der Waals surface area contributed by atoms with Crippen molar-refractivity contribution in [3.05, 3.63) is 46.5 Å². The lowest BCUT2D eigenvalue weighted by Crippen LogP contribution is -2.36. The molecule has 2 aromatic heterocycles. The van der Waals surface area contributed by atoms with Crippen molar-refractivity contribution in [1.29, 1.82) is 0 Å². The minimum Gasteiger partial charge on any atom is -0.404 e. The molecule has 0 radical (unpaired) electrons. The number of halogens is 1. The molecule has 3 heterocycles. The van der Waals surface area contributed by atoms with E-state index in [2.05, 4.69) is 30.6 Å². The van der Waals surface area contributed by atoms with Crippen LogP contribution in [0.3, 0.4) is 0 Å². The smallest absolute Gasteiger partial charge is 0.244 e. The maximum atomic E-state index is 11.7. The summed E-state index contributed by atoms with van der Waals surface area (Å²) in [4.78, 5) is 30.7. The lowest BCUT2D eigenvalue weighted by molar-refractivity contribution is -0.115. The van der Waals surface area contributed by atoms with Crippen LogP contribution >= 0.6 is 11.6 Å². The number of aromatic nitrogens is 3. The van der Waals surface area contributed by atoms with Crippen molar-refractivity contribution in [2.75, 3.05) is 35.7 Å². The summed E-state index contributed by atoms with van der Waals surface area (Å²) in [6, 6.07) is 3.60. The Morgan fingerprint density at radius 2 is 2.29 bits per heavy atom. The van der Waals surface area contributed by atoms with Gasteiger partial charge in [0.05, 0.1) is 18.8 Å². The van der Waals surface area contributed by atoms with E-state index in [-0.39, 0.29) is 12.5 Å². The monoisotopic (exact) mass is 400 g/mol. The van der Waals surface area contributed by atoms with Crippen molar-refractivity contribution < 1.29 is 4.79 Å². The van der Waals surface area contributed by atoms with Crippen LogP contribution in [0.15, 0.2) is 35.1 Å². The van der Waals surface area contributed by atoms with Gasteiger partial charge in [0.25, 0.3) is 0 Å². The quantitative estimate of drug-likeness (QED) is 0.498. The van der Waals surface area contributed by atoms with Crippen LogP contribution in [-0.4, -0.2) is 47.2 Å². The molecular weight excluding hydrogens is 380 g/mol. The first-order valence-electron chi connectivity index (χ1n) is 8.61. The third-order valence-electron chi connectivity index (χ3n) is 4.06. The average molecular weight is 401 g/mol. The number of nitrogens with one attached hydrogen (secondary N) is 2. The highest BCUT2D eigenvalue weighted by Crippen LogP contribution is 2.29. The number of anilines is 3. The molecular formula is C18H21ClN8O. The van der Waals surface area contributed by atoms with Crippen molar-refractivity contribution >= 4 is 41.2 Å². The molecule has 10 heteroatoms. The minimum atomic E-state index is -0.0807. The fourth-order valence-corrected chi connectivity index (χ4v) is 2.74. The summed E-state index contributed by atoms with van der Waals surface area (Å²) in [7, 11) is 1.82. The number of hydrogen-bond donors (Lipinski definition) is 3. The molecule has 146 valence electrons. The molecule has 1 aliphatic heterocycles. The maximum Gasteiger partial charge on any atom is 0.244 e. The lowest BCUT2D eigenvalue weighted by atomic mass is 10.2. The second-order valence-electron chi connectivity index (χ2n) is 6.29. The van der Waals surface area contributed by atoms with Crippen molar-refractivity contribution in [3.8, 4) is 0 Å². The molecule has 0 saturated carbocycles. The standard InChI is InChI=1S/C18H21ClN8O/c1-11-16-17(27(2)10-15(28)25-16)26-18(24-11)23-9-13(5-20)7-21-6-12-3-4-14(19)22-8-12/h3-5,7-8H,6,9-10,20H2,1-2H3,(H,25,28)(H,23,24,26)/b13-5+,21-7?. The molecule has 0 aliphatic carbocycles. The van der Waals surface area contributed by atoms with Crippen LogP contribution in [0.4, 0.5) is 17.5 Å². The highest BCUT2D eigenvalue weighted by atomic mass is 35.5. The molecule has 2 aromatic rings. The Kier molecular flexibility index (Phi) is 6.05. The Labute approximate surface area is 167 Å². The number of nitrogens with zero attached hydrogens (tertiary/aromatic N) is 5.